The average Bonchev–Trinajstić information content (AvgIpc) is 3.02. The van der Waals surface area contributed by atoms with Crippen molar-refractivity contribution in [2.24, 2.45) is 0 Å². The zero-order valence-corrected chi connectivity index (χ0v) is 14.6. The third kappa shape index (κ3) is 3.04. The van der Waals surface area contributed by atoms with E-state index in [9.17, 15) is 4.79 Å². The Morgan fingerprint density at radius 1 is 1.08 bits per heavy atom. The molecule has 0 aliphatic carbocycles. The van der Waals surface area contributed by atoms with E-state index in [2.05, 4.69) is 39.2 Å². The summed E-state index contributed by atoms with van der Waals surface area (Å²) in [5.41, 5.74) is 3.81. The first-order chi connectivity index (χ1) is 12.7. The van der Waals surface area contributed by atoms with Crippen LogP contribution in [0.4, 0.5) is 11.5 Å². The van der Waals surface area contributed by atoms with Crippen LogP contribution in [0.15, 0.2) is 67.0 Å². The molecule has 5 nitrogen and oxygen atoms in total. The zero-order valence-electron chi connectivity index (χ0n) is 14.6. The van der Waals surface area contributed by atoms with E-state index in [-0.39, 0.29) is 11.9 Å². The molecule has 0 saturated heterocycles. The van der Waals surface area contributed by atoms with E-state index in [1.54, 1.807) is 18.5 Å². The maximum absolute atomic E-state index is 12.8. The summed E-state index contributed by atoms with van der Waals surface area (Å²) < 4.78 is 0. The minimum atomic E-state index is -0.143. The summed E-state index contributed by atoms with van der Waals surface area (Å²) >= 11 is 0. The zero-order chi connectivity index (χ0) is 17.9. The molecule has 5 heteroatoms. The van der Waals surface area contributed by atoms with Crippen molar-refractivity contribution in [3.8, 4) is 0 Å². The number of pyridine rings is 2. The Bertz CT molecular complexity index is 926. The Balaban J connectivity index is 1.62. The van der Waals surface area contributed by atoms with Crippen LogP contribution >= 0.6 is 0 Å². The van der Waals surface area contributed by atoms with Gasteiger partial charge in [-0.2, -0.15) is 0 Å². The van der Waals surface area contributed by atoms with Crippen LogP contribution in [-0.4, -0.2) is 21.9 Å². The van der Waals surface area contributed by atoms with Crippen molar-refractivity contribution in [2.75, 3.05) is 4.90 Å². The summed E-state index contributed by atoms with van der Waals surface area (Å²) in [4.78, 5) is 23.7. The smallest absolute Gasteiger partial charge is 0.255 e. The molecule has 1 atom stereocenters. The molecule has 3 heterocycles. The number of hydrogen-bond donors (Lipinski definition) is 1. The van der Waals surface area contributed by atoms with Gasteiger partial charge in [0.25, 0.3) is 5.91 Å². The van der Waals surface area contributed by atoms with Crippen LogP contribution in [0.1, 0.15) is 28.5 Å². The first kappa shape index (κ1) is 16.3. The number of nitrogens with one attached hydrogen (secondary N) is 1. The van der Waals surface area contributed by atoms with E-state index in [0.717, 1.165) is 17.8 Å². The highest BCUT2D eigenvalue weighted by molar-refractivity contribution is 6.00. The molecule has 3 aromatic rings. The number of hydrogen-bond acceptors (Lipinski definition) is 4. The molecule has 1 amide bonds. The molecule has 1 aromatic carbocycles. The third-order valence-electron chi connectivity index (χ3n) is 4.62. The van der Waals surface area contributed by atoms with Crippen LogP contribution in [-0.2, 0) is 13.0 Å². The summed E-state index contributed by atoms with van der Waals surface area (Å²) in [6.45, 7) is 2.55. The van der Waals surface area contributed by atoms with Gasteiger partial charge in [0, 0.05) is 24.1 Å². The quantitative estimate of drug-likeness (QED) is 0.787. The van der Waals surface area contributed by atoms with E-state index >= 15 is 0 Å². The van der Waals surface area contributed by atoms with Gasteiger partial charge in [-0.15, -0.1) is 0 Å². The number of benzene rings is 1. The molecule has 0 radical (unpaired) electrons. The lowest BCUT2D eigenvalue weighted by atomic mass is 10.1. The van der Waals surface area contributed by atoms with Crippen LogP contribution in [0.3, 0.4) is 0 Å². The number of amides is 1. The van der Waals surface area contributed by atoms with Crippen LogP contribution in [0, 0.1) is 0 Å². The van der Waals surface area contributed by atoms with Gasteiger partial charge < -0.3 is 10.2 Å². The predicted molar refractivity (Wildman–Crippen MR) is 101 cm³/mol. The fourth-order valence-corrected chi connectivity index (χ4v) is 3.42. The minimum absolute atomic E-state index is 0.143. The molecule has 0 saturated carbocycles. The number of nitrogens with zero attached hydrogens (tertiary/aromatic N) is 3. The number of carbonyl (C=O) groups is 1. The summed E-state index contributed by atoms with van der Waals surface area (Å²) in [6.07, 6.45) is 4.40. The van der Waals surface area contributed by atoms with Gasteiger partial charge in [-0.3, -0.25) is 9.78 Å². The van der Waals surface area contributed by atoms with E-state index < -0.39 is 0 Å². The van der Waals surface area contributed by atoms with Crippen molar-refractivity contribution in [1.82, 2.24) is 15.3 Å². The number of carbonyl (C=O) groups excluding carboxylic acids is 1. The van der Waals surface area contributed by atoms with Gasteiger partial charge in [-0.25, -0.2) is 4.98 Å². The molecule has 1 aliphatic heterocycles. The van der Waals surface area contributed by atoms with Gasteiger partial charge in [-0.05, 0) is 49.2 Å². The highest BCUT2D eigenvalue weighted by Crippen LogP contribution is 2.38. The summed E-state index contributed by atoms with van der Waals surface area (Å²) in [6, 6.07) is 17.8. The van der Waals surface area contributed by atoms with E-state index in [4.69, 9.17) is 0 Å². The molecule has 0 fully saturated rings. The second-order valence-electron chi connectivity index (χ2n) is 6.43. The number of fused-ring (bicyclic) bond motifs is 1. The second-order valence-corrected chi connectivity index (χ2v) is 6.43. The molecular weight excluding hydrogens is 324 g/mol. The van der Waals surface area contributed by atoms with Crippen molar-refractivity contribution in [3.63, 3.8) is 0 Å². The fraction of sp³-hybridized carbons (Fsp3) is 0.190. The lowest BCUT2D eigenvalue weighted by molar-refractivity contribution is 0.0950. The van der Waals surface area contributed by atoms with Crippen LogP contribution in [0.2, 0.25) is 0 Å². The average molecular weight is 344 g/mol. The van der Waals surface area contributed by atoms with E-state index in [1.807, 2.05) is 36.4 Å². The maximum atomic E-state index is 12.8. The summed E-state index contributed by atoms with van der Waals surface area (Å²) in [5, 5.41) is 2.95. The number of aromatic nitrogens is 2. The molecule has 1 unspecified atom stereocenters. The molecule has 2 aromatic heterocycles. The van der Waals surface area contributed by atoms with Gasteiger partial charge >= 0.3 is 0 Å². The predicted octanol–water partition coefficient (Wildman–Crippen LogP) is 3.49. The van der Waals surface area contributed by atoms with Gasteiger partial charge in [0.1, 0.15) is 5.82 Å². The second kappa shape index (κ2) is 6.96. The first-order valence-electron chi connectivity index (χ1n) is 8.74. The maximum Gasteiger partial charge on any atom is 0.255 e. The van der Waals surface area contributed by atoms with Crippen LogP contribution in [0.5, 0.6) is 0 Å². The van der Waals surface area contributed by atoms with Crippen molar-refractivity contribution in [2.45, 2.75) is 25.9 Å². The van der Waals surface area contributed by atoms with Crippen molar-refractivity contribution in [1.29, 1.82) is 0 Å². The summed E-state index contributed by atoms with van der Waals surface area (Å²) in [7, 11) is 0. The lowest BCUT2D eigenvalue weighted by Crippen LogP contribution is -2.30. The SMILES string of the molecule is CC1Cc2ccccc2N1c1ncccc1C(=O)NCc1ccccn1. The third-order valence-corrected chi connectivity index (χ3v) is 4.62. The Morgan fingerprint density at radius 2 is 1.88 bits per heavy atom. The van der Waals surface area contributed by atoms with Crippen LogP contribution < -0.4 is 10.2 Å². The van der Waals surface area contributed by atoms with E-state index in [1.165, 1.54) is 5.56 Å². The minimum Gasteiger partial charge on any atom is -0.346 e. The lowest BCUT2D eigenvalue weighted by Gasteiger charge is -2.25. The van der Waals surface area contributed by atoms with Crippen LogP contribution in [0.25, 0.3) is 0 Å². The van der Waals surface area contributed by atoms with Gasteiger partial charge in [0.15, 0.2) is 0 Å². The molecule has 4 rings (SSSR count). The Labute approximate surface area is 152 Å². The van der Waals surface area contributed by atoms with Gasteiger partial charge in [0.2, 0.25) is 0 Å². The number of rotatable bonds is 4. The monoisotopic (exact) mass is 344 g/mol. The number of anilines is 2. The molecule has 1 N–H and O–H groups in total. The summed E-state index contributed by atoms with van der Waals surface area (Å²) in [5.74, 6) is 0.554. The number of para-hydroxylation sites is 1. The fourth-order valence-electron chi connectivity index (χ4n) is 3.42. The van der Waals surface area contributed by atoms with Crippen molar-refractivity contribution in [3.05, 3.63) is 83.8 Å². The Kier molecular flexibility index (Phi) is 4.35. The largest absolute Gasteiger partial charge is 0.346 e. The highest BCUT2D eigenvalue weighted by Gasteiger charge is 2.30. The normalized spacial score (nSPS) is 15.6. The van der Waals surface area contributed by atoms with Crippen molar-refractivity contribution < 1.29 is 4.79 Å². The molecule has 26 heavy (non-hydrogen) atoms. The first-order valence-corrected chi connectivity index (χ1v) is 8.74. The molecule has 0 bridgehead atoms. The Hall–Kier alpha value is -3.21. The van der Waals surface area contributed by atoms with E-state index in [0.29, 0.717) is 17.9 Å². The van der Waals surface area contributed by atoms with Gasteiger partial charge in [-0.1, -0.05) is 24.3 Å². The Morgan fingerprint density at radius 3 is 2.73 bits per heavy atom. The van der Waals surface area contributed by atoms with Crippen molar-refractivity contribution >= 4 is 17.4 Å². The topological polar surface area (TPSA) is 58.1 Å². The molecule has 0 spiro atoms. The highest BCUT2D eigenvalue weighted by atomic mass is 16.1. The standard InChI is InChI=1S/C21H20N4O/c1-15-13-16-7-2-3-10-19(16)25(15)20-18(9-6-12-23-20)21(26)24-14-17-8-4-5-11-22-17/h2-12,15H,13-14H2,1H3,(H,24,26). The molecule has 1 aliphatic rings. The van der Waals surface area contributed by atoms with Gasteiger partial charge in [0.05, 0.1) is 17.8 Å². The molecular formula is C21H20N4O. The molecule has 130 valence electrons.